The normalized spacial score (nSPS) is 10.8. The first kappa shape index (κ1) is 21.7. The first-order valence-electron chi connectivity index (χ1n) is 10.0. The van der Waals surface area contributed by atoms with Gasteiger partial charge in [0.15, 0.2) is 0 Å². The van der Waals surface area contributed by atoms with Gasteiger partial charge in [0.05, 0.1) is 6.61 Å². The Labute approximate surface area is 182 Å². The Morgan fingerprint density at radius 3 is 2.32 bits per heavy atom. The van der Waals surface area contributed by atoms with Gasteiger partial charge in [-0.15, -0.1) is 0 Å². The van der Waals surface area contributed by atoms with E-state index >= 15 is 0 Å². The van der Waals surface area contributed by atoms with Gasteiger partial charge in [0, 0.05) is 5.69 Å². The van der Waals surface area contributed by atoms with Crippen LogP contribution in [-0.4, -0.2) is 12.5 Å². The molecule has 1 N–H and O–H groups in total. The Morgan fingerprint density at radius 1 is 1.00 bits per heavy atom. The van der Waals surface area contributed by atoms with Crippen molar-refractivity contribution in [2.75, 3.05) is 11.9 Å². The predicted octanol–water partition coefficient (Wildman–Crippen LogP) is 5.52. The van der Waals surface area contributed by atoms with Gasteiger partial charge in [0.2, 0.25) is 0 Å². The van der Waals surface area contributed by atoms with E-state index in [4.69, 9.17) is 9.47 Å². The Morgan fingerprint density at radius 2 is 1.68 bits per heavy atom. The molecule has 156 valence electrons. The van der Waals surface area contributed by atoms with Gasteiger partial charge in [-0.3, -0.25) is 4.79 Å². The highest BCUT2D eigenvalue weighted by Gasteiger charge is 2.10. The molecular formula is C26H24N2O3. The van der Waals surface area contributed by atoms with Gasteiger partial charge in [-0.25, -0.2) is 0 Å². The largest absolute Gasteiger partial charge is 0.494 e. The Hall–Kier alpha value is -4.04. The van der Waals surface area contributed by atoms with Gasteiger partial charge in [-0.1, -0.05) is 42.0 Å². The van der Waals surface area contributed by atoms with Crippen LogP contribution in [0, 0.1) is 18.3 Å². The molecule has 5 heteroatoms. The molecule has 0 aromatic heterocycles. The minimum Gasteiger partial charge on any atom is -0.494 e. The first-order chi connectivity index (χ1) is 15.1. The Bertz CT molecular complexity index is 1090. The van der Waals surface area contributed by atoms with Gasteiger partial charge in [0.1, 0.15) is 29.7 Å². The number of nitriles is 1. The summed E-state index contributed by atoms with van der Waals surface area (Å²) in [5, 5.41) is 12.1. The summed E-state index contributed by atoms with van der Waals surface area (Å²) in [6.07, 6.45) is 1.55. The Kier molecular flexibility index (Phi) is 7.45. The fraction of sp³-hybridized carbons (Fsp3) is 0.154. The molecule has 5 nitrogen and oxygen atoms in total. The van der Waals surface area contributed by atoms with Crippen LogP contribution in [0.2, 0.25) is 0 Å². The number of aryl methyl sites for hydroxylation is 1. The molecule has 0 saturated carbocycles. The number of anilines is 1. The molecule has 3 rings (SSSR count). The van der Waals surface area contributed by atoms with Crippen molar-refractivity contribution in [1.29, 1.82) is 5.26 Å². The van der Waals surface area contributed by atoms with Crippen molar-refractivity contribution >= 4 is 17.7 Å². The van der Waals surface area contributed by atoms with Crippen LogP contribution in [0.15, 0.2) is 78.4 Å². The number of ether oxygens (including phenoxy) is 2. The van der Waals surface area contributed by atoms with Gasteiger partial charge in [0.25, 0.3) is 5.91 Å². The first-order valence-corrected chi connectivity index (χ1v) is 10.0. The van der Waals surface area contributed by atoms with E-state index in [9.17, 15) is 10.1 Å². The van der Waals surface area contributed by atoms with Crippen LogP contribution in [0.25, 0.3) is 6.08 Å². The fourth-order valence-electron chi connectivity index (χ4n) is 2.94. The van der Waals surface area contributed by atoms with E-state index in [1.165, 1.54) is 5.56 Å². The molecule has 0 unspecified atom stereocenters. The summed E-state index contributed by atoms with van der Waals surface area (Å²) < 4.78 is 11.2. The summed E-state index contributed by atoms with van der Waals surface area (Å²) in [5.41, 5.74) is 3.63. The topological polar surface area (TPSA) is 71.3 Å². The van der Waals surface area contributed by atoms with Crippen LogP contribution >= 0.6 is 0 Å². The Balaban J connectivity index is 1.61. The van der Waals surface area contributed by atoms with Crippen LogP contribution in [0.3, 0.4) is 0 Å². The number of carbonyl (C=O) groups is 1. The zero-order valence-electron chi connectivity index (χ0n) is 17.6. The monoisotopic (exact) mass is 412 g/mol. The lowest BCUT2D eigenvalue weighted by molar-refractivity contribution is -0.112. The van der Waals surface area contributed by atoms with Crippen molar-refractivity contribution in [3.63, 3.8) is 0 Å². The van der Waals surface area contributed by atoms with E-state index in [0.29, 0.717) is 18.9 Å². The van der Waals surface area contributed by atoms with E-state index in [-0.39, 0.29) is 5.57 Å². The summed E-state index contributed by atoms with van der Waals surface area (Å²) in [7, 11) is 0. The van der Waals surface area contributed by atoms with E-state index in [0.717, 1.165) is 22.6 Å². The number of carbonyl (C=O) groups excluding carboxylic acids is 1. The molecule has 0 spiro atoms. The molecule has 0 heterocycles. The van der Waals surface area contributed by atoms with Crippen molar-refractivity contribution < 1.29 is 14.3 Å². The average molecular weight is 412 g/mol. The van der Waals surface area contributed by atoms with Gasteiger partial charge < -0.3 is 14.8 Å². The third-order valence-corrected chi connectivity index (χ3v) is 4.47. The number of nitrogens with one attached hydrogen (secondary N) is 1. The smallest absolute Gasteiger partial charge is 0.266 e. The van der Waals surface area contributed by atoms with E-state index in [1.807, 2.05) is 62.4 Å². The minimum absolute atomic E-state index is 0.0160. The van der Waals surface area contributed by atoms with Crippen LogP contribution in [-0.2, 0) is 11.4 Å². The third kappa shape index (κ3) is 6.48. The highest BCUT2D eigenvalue weighted by Crippen LogP contribution is 2.19. The van der Waals surface area contributed by atoms with Crippen LogP contribution in [0.1, 0.15) is 23.6 Å². The number of hydrogen-bond acceptors (Lipinski definition) is 4. The quantitative estimate of drug-likeness (QED) is 0.391. The number of amides is 1. The molecule has 0 radical (unpaired) electrons. The van der Waals surface area contributed by atoms with Crippen LogP contribution < -0.4 is 14.8 Å². The lowest BCUT2D eigenvalue weighted by Crippen LogP contribution is -2.13. The number of nitrogens with zero attached hydrogens (tertiary/aromatic N) is 1. The van der Waals surface area contributed by atoms with Gasteiger partial charge >= 0.3 is 0 Å². The van der Waals surface area contributed by atoms with Crippen molar-refractivity contribution in [3.8, 4) is 17.6 Å². The number of hydrogen-bond donors (Lipinski definition) is 1. The molecule has 3 aromatic rings. The number of benzene rings is 3. The van der Waals surface area contributed by atoms with Gasteiger partial charge in [-0.05, 0) is 67.4 Å². The SMILES string of the molecule is CCOc1ccc(NC(=O)/C(C#N)=C\c2ccc(OCc3cccc(C)c3)cc2)cc1. The van der Waals surface area contributed by atoms with Crippen molar-refractivity contribution in [2.24, 2.45) is 0 Å². The summed E-state index contributed by atoms with van der Waals surface area (Å²) >= 11 is 0. The van der Waals surface area contributed by atoms with Crippen LogP contribution in [0.4, 0.5) is 5.69 Å². The lowest BCUT2D eigenvalue weighted by atomic mass is 10.1. The average Bonchev–Trinajstić information content (AvgIpc) is 2.78. The number of rotatable bonds is 8. The molecule has 0 atom stereocenters. The van der Waals surface area contributed by atoms with E-state index in [2.05, 4.69) is 11.4 Å². The second-order valence-corrected chi connectivity index (χ2v) is 6.93. The van der Waals surface area contributed by atoms with Crippen molar-refractivity contribution in [3.05, 3.63) is 95.1 Å². The maximum absolute atomic E-state index is 12.5. The molecule has 1 amide bonds. The van der Waals surface area contributed by atoms with E-state index < -0.39 is 5.91 Å². The van der Waals surface area contributed by atoms with Crippen LogP contribution in [0.5, 0.6) is 11.5 Å². The molecule has 0 aliphatic rings. The van der Waals surface area contributed by atoms with Crippen molar-refractivity contribution in [2.45, 2.75) is 20.5 Å². The standard InChI is InChI=1S/C26H24N2O3/c1-3-30-24-13-9-23(10-14-24)28-26(29)22(17-27)16-20-7-11-25(12-8-20)31-18-21-6-4-5-19(2)15-21/h4-16H,3,18H2,1-2H3,(H,28,29)/b22-16-. The lowest BCUT2D eigenvalue weighted by Gasteiger charge is -2.08. The molecule has 0 fully saturated rings. The molecule has 31 heavy (non-hydrogen) atoms. The molecule has 0 aliphatic carbocycles. The fourth-order valence-corrected chi connectivity index (χ4v) is 2.94. The zero-order valence-corrected chi connectivity index (χ0v) is 17.6. The highest BCUT2D eigenvalue weighted by molar-refractivity contribution is 6.09. The molecule has 3 aromatic carbocycles. The zero-order chi connectivity index (χ0) is 22.1. The second-order valence-electron chi connectivity index (χ2n) is 6.93. The second kappa shape index (κ2) is 10.7. The van der Waals surface area contributed by atoms with Gasteiger partial charge in [-0.2, -0.15) is 5.26 Å². The third-order valence-electron chi connectivity index (χ3n) is 4.47. The maximum atomic E-state index is 12.5. The molecular weight excluding hydrogens is 388 g/mol. The summed E-state index contributed by atoms with van der Waals surface area (Å²) in [6, 6.07) is 24.4. The minimum atomic E-state index is -0.466. The predicted molar refractivity (Wildman–Crippen MR) is 122 cm³/mol. The highest BCUT2D eigenvalue weighted by atomic mass is 16.5. The van der Waals surface area contributed by atoms with Crippen molar-refractivity contribution in [1.82, 2.24) is 0 Å². The van der Waals surface area contributed by atoms with E-state index in [1.54, 1.807) is 30.3 Å². The summed E-state index contributed by atoms with van der Waals surface area (Å²) in [6.45, 7) is 5.00. The summed E-state index contributed by atoms with van der Waals surface area (Å²) in [5.74, 6) is 0.976. The molecule has 0 bridgehead atoms. The maximum Gasteiger partial charge on any atom is 0.266 e. The molecule has 0 saturated heterocycles. The molecule has 0 aliphatic heterocycles. The summed E-state index contributed by atoms with van der Waals surface area (Å²) in [4.78, 5) is 12.5.